The van der Waals surface area contributed by atoms with E-state index in [1.165, 1.54) is 11.8 Å². The number of rotatable bonds is 1. The Morgan fingerprint density at radius 1 is 1.60 bits per heavy atom. The normalized spacial score (nSPS) is 14.7. The average Bonchev–Trinajstić information content (AvgIpc) is 2.28. The van der Waals surface area contributed by atoms with Crippen molar-refractivity contribution in [2.75, 3.05) is 17.2 Å². The van der Waals surface area contributed by atoms with Crippen LogP contribution in [0.15, 0.2) is 23.1 Å². The minimum absolute atomic E-state index is 0.139. The average molecular weight is 218 g/mol. The third-order valence-corrected chi connectivity index (χ3v) is 3.38. The molecule has 0 saturated carbocycles. The second kappa shape index (κ2) is 3.95. The van der Waals surface area contributed by atoms with Crippen molar-refractivity contribution in [2.45, 2.75) is 11.8 Å². The molecule has 1 aliphatic heterocycles. The number of thioether (sulfide) groups is 1. The van der Waals surface area contributed by atoms with Crippen LogP contribution in [-0.4, -0.2) is 18.2 Å². The topological polar surface area (TPSA) is 44.1 Å². The number of amides is 1. The van der Waals surface area contributed by atoms with Gasteiger partial charge in [0.15, 0.2) is 0 Å². The van der Waals surface area contributed by atoms with E-state index in [-0.39, 0.29) is 5.91 Å². The maximum absolute atomic E-state index is 11.6. The molecule has 0 aromatic heterocycles. The highest BCUT2D eigenvalue weighted by Crippen LogP contribution is 2.35. The first-order valence-electron chi connectivity index (χ1n) is 4.73. The lowest BCUT2D eigenvalue weighted by atomic mass is 10.2. The Morgan fingerprint density at radius 3 is 3.07 bits per heavy atom. The van der Waals surface area contributed by atoms with Gasteiger partial charge in [0.1, 0.15) is 0 Å². The van der Waals surface area contributed by atoms with E-state index in [9.17, 15) is 4.79 Å². The molecule has 0 fully saturated rings. The molecular formula is C11H10N2OS. The maximum Gasteiger partial charge on any atom is 0.237 e. The zero-order valence-corrected chi connectivity index (χ0v) is 9.17. The molecule has 0 spiro atoms. The molecule has 2 rings (SSSR count). The molecule has 0 bridgehead atoms. The fraction of sp³-hybridized carbons (Fsp3) is 0.273. The lowest BCUT2D eigenvalue weighted by molar-refractivity contribution is -0.116. The van der Waals surface area contributed by atoms with Crippen molar-refractivity contribution >= 4 is 23.4 Å². The maximum atomic E-state index is 11.6. The molecule has 0 saturated heterocycles. The molecule has 0 aliphatic carbocycles. The van der Waals surface area contributed by atoms with Gasteiger partial charge in [0, 0.05) is 11.4 Å². The Morgan fingerprint density at radius 2 is 2.40 bits per heavy atom. The zero-order chi connectivity index (χ0) is 10.8. The Balaban J connectivity index is 2.48. The third kappa shape index (κ3) is 1.71. The first-order chi connectivity index (χ1) is 7.26. The fourth-order valence-corrected chi connectivity index (χ4v) is 2.59. The molecular weight excluding hydrogens is 208 g/mol. The van der Waals surface area contributed by atoms with Crippen molar-refractivity contribution in [3.63, 3.8) is 0 Å². The van der Waals surface area contributed by atoms with Crippen LogP contribution in [0.2, 0.25) is 0 Å². The number of carbonyl (C=O) groups excluding carboxylic acids is 1. The van der Waals surface area contributed by atoms with Crippen LogP contribution in [0.25, 0.3) is 0 Å². The molecule has 1 heterocycles. The molecule has 1 aromatic carbocycles. The summed E-state index contributed by atoms with van der Waals surface area (Å²) >= 11 is 1.50. The van der Waals surface area contributed by atoms with Crippen LogP contribution in [0.1, 0.15) is 12.5 Å². The number of fused-ring (bicyclic) bond motifs is 1. The van der Waals surface area contributed by atoms with Gasteiger partial charge in [0.2, 0.25) is 5.91 Å². The van der Waals surface area contributed by atoms with Gasteiger partial charge in [-0.25, -0.2) is 0 Å². The molecule has 0 N–H and O–H groups in total. The predicted octanol–water partition coefficient (Wildman–Crippen LogP) is 2.02. The minimum Gasteiger partial charge on any atom is -0.311 e. The van der Waals surface area contributed by atoms with Crippen LogP contribution in [0.3, 0.4) is 0 Å². The standard InChI is InChI=1S/C11H10N2OS/c1-2-13-9-4-3-8(6-12)5-10(9)15-7-11(13)14/h3-5H,2,7H2,1H3. The van der Waals surface area contributed by atoms with Gasteiger partial charge >= 0.3 is 0 Å². The van der Waals surface area contributed by atoms with Crippen molar-refractivity contribution in [2.24, 2.45) is 0 Å². The summed E-state index contributed by atoms with van der Waals surface area (Å²) in [4.78, 5) is 14.4. The molecule has 0 atom stereocenters. The molecule has 76 valence electrons. The number of hydrogen-bond donors (Lipinski definition) is 0. The molecule has 0 unspecified atom stereocenters. The summed E-state index contributed by atoms with van der Waals surface area (Å²) in [6.07, 6.45) is 0. The summed E-state index contributed by atoms with van der Waals surface area (Å²) < 4.78 is 0. The number of carbonyl (C=O) groups is 1. The first kappa shape index (κ1) is 10.1. The van der Waals surface area contributed by atoms with Crippen molar-refractivity contribution in [3.05, 3.63) is 23.8 Å². The van der Waals surface area contributed by atoms with Gasteiger partial charge in [-0.05, 0) is 25.1 Å². The summed E-state index contributed by atoms with van der Waals surface area (Å²) in [5, 5.41) is 8.77. The van der Waals surface area contributed by atoms with Gasteiger partial charge in [-0.3, -0.25) is 4.79 Å². The van der Waals surface area contributed by atoms with Gasteiger partial charge < -0.3 is 4.90 Å². The summed E-state index contributed by atoms with van der Waals surface area (Å²) in [7, 11) is 0. The molecule has 3 nitrogen and oxygen atoms in total. The van der Waals surface area contributed by atoms with Crippen LogP contribution in [0, 0.1) is 11.3 Å². The van der Waals surface area contributed by atoms with Crippen molar-refractivity contribution < 1.29 is 4.79 Å². The number of hydrogen-bond acceptors (Lipinski definition) is 3. The molecule has 1 amide bonds. The molecule has 4 heteroatoms. The Bertz CT molecular complexity index is 450. The van der Waals surface area contributed by atoms with Crippen molar-refractivity contribution in [1.82, 2.24) is 0 Å². The van der Waals surface area contributed by atoms with E-state index in [2.05, 4.69) is 6.07 Å². The van der Waals surface area contributed by atoms with Crippen LogP contribution >= 0.6 is 11.8 Å². The highest BCUT2D eigenvalue weighted by molar-refractivity contribution is 8.00. The zero-order valence-electron chi connectivity index (χ0n) is 8.36. The Hall–Kier alpha value is -1.47. The third-order valence-electron chi connectivity index (χ3n) is 2.35. The number of benzene rings is 1. The minimum atomic E-state index is 0.139. The highest BCUT2D eigenvalue weighted by Gasteiger charge is 2.23. The SMILES string of the molecule is CCN1C(=O)CSc2cc(C#N)ccc21. The molecule has 1 aliphatic rings. The second-order valence-electron chi connectivity index (χ2n) is 3.22. The Kier molecular flexibility index (Phi) is 2.65. The lowest BCUT2D eigenvalue weighted by Crippen LogP contribution is -2.34. The summed E-state index contributed by atoms with van der Waals surface area (Å²) in [5.41, 5.74) is 1.57. The number of nitrogens with zero attached hydrogens (tertiary/aromatic N) is 2. The Labute approximate surface area is 92.7 Å². The van der Waals surface area contributed by atoms with Gasteiger partial charge in [-0.1, -0.05) is 0 Å². The smallest absolute Gasteiger partial charge is 0.237 e. The van der Waals surface area contributed by atoms with Gasteiger partial charge in [0.05, 0.1) is 23.1 Å². The van der Waals surface area contributed by atoms with Crippen molar-refractivity contribution in [1.29, 1.82) is 5.26 Å². The van der Waals surface area contributed by atoms with Crippen LogP contribution in [0.5, 0.6) is 0 Å². The molecule has 1 aromatic rings. The second-order valence-corrected chi connectivity index (χ2v) is 4.24. The fourth-order valence-electron chi connectivity index (χ4n) is 1.62. The monoisotopic (exact) mass is 218 g/mol. The van der Waals surface area contributed by atoms with E-state index in [4.69, 9.17) is 5.26 Å². The van der Waals surface area contributed by atoms with E-state index in [1.807, 2.05) is 19.1 Å². The van der Waals surface area contributed by atoms with E-state index in [1.54, 1.807) is 11.0 Å². The van der Waals surface area contributed by atoms with Crippen LogP contribution in [-0.2, 0) is 4.79 Å². The van der Waals surface area contributed by atoms with Gasteiger partial charge in [0.25, 0.3) is 0 Å². The van der Waals surface area contributed by atoms with E-state index >= 15 is 0 Å². The first-order valence-corrected chi connectivity index (χ1v) is 5.72. The molecule has 0 radical (unpaired) electrons. The molecule has 15 heavy (non-hydrogen) atoms. The van der Waals surface area contributed by atoms with Gasteiger partial charge in [-0.15, -0.1) is 11.8 Å². The number of nitriles is 1. The van der Waals surface area contributed by atoms with Crippen LogP contribution in [0.4, 0.5) is 5.69 Å². The largest absolute Gasteiger partial charge is 0.311 e. The predicted molar refractivity (Wildman–Crippen MR) is 59.9 cm³/mol. The summed E-state index contributed by atoms with van der Waals surface area (Å²) in [6, 6.07) is 7.55. The quantitative estimate of drug-likeness (QED) is 0.724. The van der Waals surface area contributed by atoms with Crippen LogP contribution < -0.4 is 4.90 Å². The highest BCUT2D eigenvalue weighted by atomic mass is 32.2. The van der Waals surface area contributed by atoms with E-state index in [0.717, 1.165) is 10.6 Å². The van der Waals surface area contributed by atoms with Crippen molar-refractivity contribution in [3.8, 4) is 6.07 Å². The number of anilines is 1. The lowest BCUT2D eigenvalue weighted by Gasteiger charge is -2.27. The summed E-state index contributed by atoms with van der Waals surface area (Å²) in [6.45, 7) is 2.63. The summed E-state index contributed by atoms with van der Waals surface area (Å²) in [5.74, 6) is 0.607. The van der Waals surface area contributed by atoms with Gasteiger partial charge in [-0.2, -0.15) is 5.26 Å². The van der Waals surface area contributed by atoms with E-state index < -0.39 is 0 Å². The van der Waals surface area contributed by atoms with E-state index in [0.29, 0.717) is 17.9 Å².